The summed E-state index contributed by atoms with van der Waals surface area (Å²) in [6.07, 6.45) is 0.225. The Bertz CT molecular complexity index is 1120. The normalized spacial score (nSPS) is 13.7. The van der Waals surface area contributed by atoms with E-state index in [4.69, 9.17) is 21.1 Å². The van der Waals surface area contributed by atoms with Gasteiger partial charge in [0.1, 0.15) is 11.6 Å². The van der Waals surface area contributed by atoms with Crippen LogP contribution in [0.15, 0.2) is 47.6 Å². The Hall–Kier alpha value is -2.82. The van der Waals surface area contributed by atoms with Gasteiger partial charge in [-0.05, 0) is 36.4 Å². The molecule has 0 radical (unpaired) electrons. The van der Waals surface area contributed by atoms with E-state index in [1.54, 1.807) is 30.3 Å². The highest BCUT2D eigenvalue weighted by Gasteiger charge is 2.22. The van der Waals surface area contributed by atoms with Crippen molar-refractivity contribution in [2.45, 2.75) is 11.6 Å². The Kier molecular flexibility index (Phi) is 7.69. The third kappa shape index (κ3) is 5.76. The molecule has 3 aromatic rings. The van der Waals surface area contributed by atoms with Crippen LogP contribution in [0.25, 0.3) is 5.69 Å². The van der Waals surface area contributed by atoms with Crippen molar-refractivity contribution >= 4 is 40.9 Å². The first-order chi connectivity index (χ1) is 16.0. The van der Waals surface area contributed by atoms with Gasteiger partial charge < -0.3 is 19.7 Å². The summed E-state index contributed by atoms with van der Waals surface area (Å²) >= 11 is 7.40. The van der Waals surface area contributed by atoms with E-state index in [1.807, 2.05) is 4.57 Å². The van der Waals surface area contributed by atoms with Crippen molar-refractivity contribution in [1.82, 2.24) is 14.8 Å². The molecule has 0 atom stereocenters. The van der Waals surface area contributed by atoms with Gasteiger partial charge in [-0.1, -0.05) is 29.4 Å². The summed E-state index contributed by atoms with van der Waals surface area (Å²) in [7, 11) is 1.53. The molecule has 2 heterocycles. The number of nitrogens with zero attached hydrogens (tertiary/aromatic N) is 4. The lowest BCUT2D eigenvalue weighted by atomic mass is 10.3. The van der Waals surface area contributed by atoms with E-state index in [0.717, 1.165) is 0 Å². The molecule has 174 valence electrons. The van der Waals surface area contributed by atoms with E-state index in [9.17, 15) is 9.18 Å². The van der Waals surface area contributed by atoms with Gasteiger partial charge in [0.05, 0.1) is 31.7 Å². The summed E-state index contributed by atoms with van der Waals surface area (Å²) in [4.78, 5) is 14.6. The number of carbonyl (C=O) groups is 1. The zero-order valence-corrected chi connectivity index (χ0v) is 19.5. The zero-order chi connectivity index (χ0) is 23.2. The molecule has 1 fully saturated rings. The van der Waals surface area contributed by atoms with Crippen molar-refractivity contribution in [2.75, 3.05) is 49.4 Å². The molecular weight excluding hydrogens is 469 g/mol. The van der Waals surface area contributed by atoms with Gasteiger partial charge in [0, 0.05) is 30.3 Å². The number of halogens is 2. The summed E-state index contributed by atoms with van der Waals surface area (Å²) < 4.78 is 26.5. The molecule has 1 aliphatic rings. The van der Waals surface area contributed by atoms with Crippen molar-refractivity contribution < 1.29 is 18.7 Å². The lowest BCUT2D eigenvalue weighted by Crippen LogP contribution is -2.37. The van der Waals surface area contributed by atoms with Crippen LogP contribution < -0.4 is 15.0 Å². The highest BCUT2D eigenvalue weighted by molar-refractivity contribution is 7.99. The number of rotatable bonds is 8. The van der Waals surface area contributed by atoms with Crippen LogP contribution in [0, 0.1) is 5.82 Å². The standard InChI is InChI=1S/C22H23ClFN5O3S/c1-31-19-6-5-15(23)13-18(19)25-20(30)7-12-33-22-27-26-21(28-8-10-32-11-9-28)29(22)17-4-2-3-16(24)14-17/h2-6,13-14H,7-12H2,1H3,(H,25,30). The van der Waals surface area contributed by atoms with Crippen LogP contribution in [0.2, 0.25) is 5.02 Å². The summed E-state index contributed by atoms with van der Waals surface area (Å²) in [5.74, 6) is 1.07. The van der Waals surface area contributed by atoms with Crippen LogP contribution in [0.5, 0.6) is 5.75 Å². The number of aromatic nitrogens is 3. The molecule has 0 saturated carbocycles. The van der Waals surface area contributed by atoms with Gasteiger partial charge in [-0.15, -0.1) is 10.2 Å². The molecule has 0 bridgehead atoms. The van der Waals surface area contributed by atoms with Crippen LogP contribution in [-0.4, -0.2) is 59.8 Å². The third-order valence-electron chi connectivity index (χ3n) is 4.97. The molecule has 0 unspecified atom stereocenters. The highest BCUT2D eigenvalue weighted by Crippen LogP contribution is 2.30. The van der Waals surface area contributed by atoms with Crippen molar-refractivity contribution in [3.63, 3.8) is 0 Å². The summed E-state index contributed by atoms with van der Waals surface area (Å²) in [6, 6.07) is 11.3. The van der Waals surface area contributed by atoms with Crippen LogP contribution in [0.1, 0.15) is 6.42 Å². The van der Waals surface area contributed by atoms with Crippen molar-refractivity contribution in [3.8, 4) is 11.4 Å². The van der Waals surface area contributed by atoms with Gasteiger partial charge in [0.2, 0.25) is 11.9 Å². The number of hydrogen-bond acceptors (Lipinski definition) is 7. The number of morpholine rings is 1. The largest absolute Gasteiger partial charge is 0.495 e. The van der Waals surface area contributed by atoms with E-state index in [1.165, 1.54) is 31.0 Å². The summed E-state index contributed by atoms with van der Waals surface area (Å²) in [6.45, 7) is 2.52. The van der Waals surface area contributed by atoms with Crippen LogP contribution >= 0.6 is 23.4 Å². The van der Waals surface area contributed by atoms with E-state index in [0.29, 0.717) is 65.3 Å². The first-order valence-corrected chi connectivity index (χ1v) is 11.7. The maximum absolute atomic E-state index is 14.0. The number of amides is 1. The molecule has 4 rings (SSSR count). The Morgan fingerprint density at radius 2 is 2.06 bits per heavy atom. The number of carbonyl (C=O) groups excluding carboxylic acids is 1. The molecule has 11 heteroatoms. The van der Waals surface area contributed by atoms with Crippen LogP contribution in [-0.2, 0) is 9.53 Å². The Morgan fingerprint density at radius 1 is 1.24 bits per heavy atom. The fourth-order valence-electron chi connectivity index (χ4n) is 3.39. The number of nitrogens with one attached hydrogen (secondary N) is 1. The molecule has 1 saturated heterocycles. The van der Waals surface area contributed by atoms with E-state index in [2.05, 4.69) is 20.4 Å². The number of hydrogen-bond donors (Lipinski definition) is 1. The third-order valence-corrected chi connectivity index (χ3v) is 6.14. The molecule has 2 aromatic carbocycles. The first kappa shape index (κ1) is 23.3. The van der Waals surface area contributed by atoms with E-state index in [-0.39, 0.29) is 18.1 Å². The van der Waals surface area contributed by atoms with E-state index < -0.39 is 0 Å². The first-order valence-electron chi connectivity index (χ1n) is 10.4. The second kappa shape index (κ2) is 10.9. The lowest BCUT2D eigenvalue weighted by molar-refractivity contribution is -0.115. The molecule has 0 spiro atoms. The average Bonchev–Trinajstić information content (AvgIpc) is 3.24. The van der Waals surface area contributed by atoms with Crippen molar-refractivity contribution in [2.24, 2.45) is 0 Å². The predicted molar refractivity (Wildman–Crippen MR) is 126 cm³/mol. The van der Waals surface area contributed by atoms with Gasteiger partial charge in [-0.25, -0.2) is 4.39 Å². The minimum absolute atomic E-state index is 0.187. The number of ether oxygens (including phenoxy) is 2. The van der Waals surface area contributed by atoms with E-state index >= 15 is 0 Å². The highest BCUT2D eigenvalue weighted by atomic mass is 35.5. The van der Waals surface area contributed by atoms with Gasteiger partial charge >= 0.3 is 0 Å². The summed E-state index contributed by atoms with van der Waals surface area (Å²) in [5, 5.41) is 12.6. The second-order valence-corrected chi connectivity index (χ2v) is 8.69. The Morgan fingerprint density at radius 3 is 2.82 bits per heavy atom. The van der Waals surface area contributed by atoms with Gasteiger partial charge in [-0.3, -0.25) is 9.36 Å². The molecule has 0 aliphatic carbocycles. The quantitative estimate of drug-likeness (QED) is 0.476. The van der Waals surface area contributed by atoms with Gasteiger partial charge in [0.25, 0.3) is 0 Å². The molecular formula is C22H23ClFN5O3S. The summed E-state index contributed by atoms with van der Waals surface area (Å²) in [5.41, 5.74) is 1.13. The number of benzene rings is 2. The minimum atomic E-state index is -0.347. The van der Waals surface area contributed by atoms with Crippen molar-refractivity contribution in [3.05, 3.63) is 53.3 Å². The number of thioether (sulfide) groups is 1. The average molecular weight is 492 g/mol. The SMILES string of the molecule is COc1ccc(Cl)cc1NC(=O)CCSc1nnc(N2CCOCC2)n1-c1cccc(F)c1. The Balaban J connectivity index is 1.47. The molecule has 1 amide bonds. The smallest absolute Gasteiger partial charge is 0.232 e. The zero-order valence-electron chi connectivity index (χ0n) is 18.0. The second-order valence-electron chi connectivity index (χ2n) is 7.19. The predicted octanol–water partition coefficient (Wildman–Crippen LogP) is 4.03. The maximum atomic E-state index is 14.0. The number of methoxy groups -OCH3 is 1. The van der Waals surface area contributed by atoms with Gasteiger partial charge in [-0.2, -0.15) is 0 Å². The Labute approximate surface area is 200 Å². The maximum Gasteiger partial charge on any atom is 0.232 e. The van der Waals surface area contributed by atoms with Gasteiger partial charge in [0.15, 0.2) is 5.16 Å². The fraction of sp³-hybridized carbons (Fsp3) is 0.318. The monoisotopic (exact) mass is 491 g/mol. The lowest BCUT2D eigenvalue weighted by Gasteiger charge is -2.27. The molecule has 1 N–H and O–H groups in total. The number of anilines is 2. The fourth-order valence-corrected chi connectivity index (χ4v) is 4.45. The minimum Gasteiger partial charge on any atom is -0.495 e. The topological polar surface area (TPSA) is 81.5 Å². The van der Waals surface area contributed by atoms with Crippen molar-refractivity contribution in [1.29, 1.82) is 0 Å². The van der Waals surface area contributed by atoms with Crippen LogP contribution in [0.4, 0.5) is 16.0 Å². The molecule has 8 nitrogen and oxygen atoms in total. The molecule has 33 heavy (non-hydrogen) atoms. The molecule has 1 aromatic heterocycles. The molecule has 1 aliphatic heterocycles. The van der Waals surface area contributed by atoms with Crippen LogP contribution in [0.3, 0.4) is 0 Å².